The highest BCUT2D eigenvalue weighted by atomic mass is 16.5. The fourth-order valence-corrected chi connectivity index (χ4v) is 3.87. The third-order valence-electron chi connectivity index (χ3n) is 5.90. The Kier molecular flexibility index (Phi) is 3.83. The summed E-state index contributed by atoms with van der Waals surface area (Å²) in [4.78, 5) is 14.7. The molecule has 0 amide bonds. The Bertz CT molecular complexity index is 977. The van der Waals surface area contributed by atoms with Crippen molar-refractivity contribution in [2.45, 2.75) is 31.3 Å². The molecule has 2 aromatic heterocycles. The van der Waals surface area contributed by atoms with Crippen molar-refractivity contribution in [3.63, 3.8) is 0 Å². The second-order valence-electron chi connectivity index (χ2n) is 7.84. The van der Waals surface area contributed by atoms with Gasteiger partial charge in [-0.1, -0.05) is 29.4 Å². The Balaban J connectivity index is 1.45. The van der Waals surface area contributed by atoms with E-state index in [2.05, 4.69) is 51.3 Å². The van der Waals surface area contributed by atoms with Crippen molar-refractivity contribution in [1.82, 2.24) is 20.1 Å². The van der Waals surface area contributed by atoms with Crippen LogP contribution in [0.1, 0.15) is 31.2 Å². The Morgan fingerprint density at radius 1 is 1.11 bits per heavy atom. The summed E-state index contributed by atoms with van der Waals surface area (Å²) < 4.78 is 5.49. The molecule has 1 aliphatic heterocycles. The fraction of sp³-hybridized carbons (Fsp3) is 0.400. The van der Waals surface area contributed by atoms with E-state index in [1.54, 1.807) is 12.4 Å². The zero-order valence-electron chi connectivity index (χ0n) is 15.6. The standard InChI is InChI=1S/C20H22N6O2/c1-20(15-6-7-15,17-24-19(28-25-17)26-10-16(27)11-26)14-4-2-12(3-5-14)13-8-22-18(21)23-9-13/h2-5,8-9,15-16,27H,6-7,10-11H2,1H3,(H2,21,22,23). The molecule has 1 saturated heterocycles. The lowest BCUT2D eigenvalue weighted by Gasteiger charge is -2.33. The van der Waals surface area contributed by atoms with Crippen LogP contribution in [0.4, 0.5) is 12.0 Å². The van der Waals surface area contributed by atoms with E-state index >= 15 is 0 Å². The molecule has 8 nitrogen and oxygen atoms in total. The summed E-state index contributed by atoms with van der Waals surface area (Å²) in [6.07, 6.45) is 5.44. The zero-order valence-corrected chi connectivity index (χ0v) is 15.6. The van der Waals surface area contributed by atoms with Gasteiger partial charge in [0.2, 0.25) is 5.95 Å². The van der Waals surface area contributed by atoms with Crippen molar-refractivity contribution < 1.29 is 9.63 Å². The number of aliphatic hydroxyl groups excluding tert-OH is 1. The van der Waals surface area contributed by atoms with Gasteiger partial charge in [0.25, 0.3) is 0 Å². The molecule has 144 valence electrons. The molecular weight excluding hydrogens is 356 g/mol. The van der Waals surface area contributed by atoms with E-state index in [4.69, 9.17) is 10.3 Å². The molecule has 1 unspecified atom stereocenters. The molecule has 1 saturated carbocycles. The third kappa shape index (κ3) is 2.80. The van der Waals surface area contributed by atoms with E-state index in [9.17, 15) is 5.11 Å². The maximum Gasteiger partial charge on any atom is 0.324 e. The van der Waals surface area contributed by atoms with Gasteiger partial charge in [0, 0.05) is 18.0 Å². The second kappa shape index (κ2) is 6.27. The minimum absolute atomic E-state index is 0.268. The molecule has 0 bridgehead atoms. The number of benzene rings is 1. The van der Waals surface area contributed by atoms with Gasteiger partial charge in [0.15, 0.2) is 5.82 Å². The molecule has 1 atom stereocenters. The van der Waals surface area contributed by atoms with Crippen molar-refractivity contribution in [1.29, 1.82) is 0 Å². The van der Waals surface area contributed by atoms with Crippen molar-refractivity contribution in [2.75, 3.05) is 23.7 Å². The van der Waals surface area contributed by atoms with Crippen LogP contribution in [-0.2, 0) is 5.41 Å². The van der Waals surface area contributed by atoms with Crippen LogP contribution in [0.5, 0.6) is 0 Å². The van der Waals surface area contributed by atoms with Gasteiger partial charge >= 0.3 is 6.01 Å². The molecule has 1 aromatic carbocycles. The molecule has 3 N–H and O–H groups in total. The highest BCUT2D eigenvalue weighted by Crippen LogP contribution is 2.50. The summed E-state index contributed by atoms with van der Waals surface area (Å²) in [5.41, 5.74) is 8.38. The summed E-state index contributed by atoms with van der Waals surface area (Å²) in [6, 6.07) is 8.86. The first-order valence-corrected chi connectivity index (χ1v) is 9.49. The number of aliphatic hydroxyl groups is 1. The van der Waals surface area contributed by atoms with E-state index in [0.29, 0.717) is 30.8 Å². The predicted molar refractivity (Wildman–Crippen MR) is 104 cm³/mol. The van der Waals surface area contributed by atoms with Gasteiger partial charge in [0.1, 0.15) is 0 Å². The lowest BCUT2D eigenvalue weighted by molar-refractivity contribution is 0.135. The van der Waals surface area contributed by atoms with E-state index in [1.807, 2.05) is 4.90 Å². The molecule has 3 aromatic rings. The first-order chi connectivity index (χ1) is 13.5. The van der Waals surface area contributed by atoms with E-state index < -0.39 is 0 Å². The molecule has 1 aliphatic carbocycles. The normalized spacial score (nSPS) is 19.3. The SMILES string of the molecule is CC(c1ccc(-c2cnc(N)nc2)cc1)(c1noc(N2CC(O)C2)n1)C1CC1. The number of anilines is 2. The summed E-state index contributed by atoms with van der Waals surface area (Å²) >= 11 is 0. The third-order valence-corrected chi connectivity index (χ3v) is 5.90. The first-order valence-electron chi connectivity index (χ1n) is 9.49. The largest absolute Gasteiger partial charge is 0.389 e. The number of nitrogen functional groups attached to an aromatic ring is 1. The van der Waals surface area contributed by atoms with E-state index in [-0.39, 0.29) is 17.5 Å². The number of aromatic nitrogens is 4. The minimum Gasteiger partial charge on any atom is -0.389 e. The average molecular weight is 378 g/mol. The topological polar surface area (TPSA) is 114 Å². The summed E-state index contributed by atoms with van der Waals surface area (Å²) in [5, 5.41) is 13.8. The second-order valence-corrected chi connectivity index (χ2v) is 7.84. The first kappa shape index (κ1) is 17.1. The Morgan fingerprint density at radius 3 is 2.39 bits per heavy atom. The number of nitrogens with zero attached hydrogens (tertiary/aromatic N) is 5. The molecule has 8 heteroatoms. The van der Waals surface area contributed by atoms with Crippen LogP contribution < -0.4 is 10.6 Å². The molecule has 0 spiro atoms. The summed E-state index contributed by atoms with van der Waals surface area (Å²) in [5.74, 6) is 1.46. The van der Waals surface area contributed by atoms with Gasteiger partial charge in [-0.25, -0.2) is 9.97 Å². The smallest absolute Gasteiger partial charge is 0.324 e. The average Bonchev–Trinajstić information content (AvgIpc) is 3.43. The lowest BCUT2D eigenvalue weighted by atomic mass is 9.77. The minimum atomic E-state index is -0.310. The van der Waals surface area contributed by atoms with Crippen LogP contribution in [-0.4, -0.2) is 44.4 Å². The molecular formula is C20H22N6O2. The summed E-state index contributed by atoms with van der Waals surface area (Å²) in [6.45, 7) is 3.27. The van der Waals surface area contributed by atoms with E-state index in [1.165, 1.54) is 0 Å². The van der Waals surface area contributed by atoms with Crippen molar-refractivity contribution >= 4 is 12.0 Å². The van der Waals surface area contributed by atoms with Crippen LogP contribution in [0.3, 0.4) is 0 Å². The van der Waals surface area contributed by atoms with Gasteiger partial charge in [-0.05, 0) is 36.8 Å². The fourth-order valence-electron chi connectivity index (χ4n) is 3.87. The quantitative estimate of drug-likeness (QED) is 0.693. The number of hydrogen-bond acceptors (Lipinski definition) is 8. The van der Waals surface area contributed by atoms with Crippen LogP contribution in [0.2, 0.25) is 0 Å². The van der Waals surface area contributed by atoms with Crippen molar-refractivity contribution in [3.8, 4) is 11.1 Å². The molecule has 2 fully saturated rings. The van der Waals surface area contributed by atoms with Gasteiger partial charge in [-0.2, -0.15) is 4.98 Å². The lowest BCUT2D eigenvalue weighted by Crippen LogP contribution is -2.51. The monoisotopic (exact) mass is 378 g/mol. The van der Waals surface area contributed by atoms with Crippen molar-refractivity contribution in [2.24, 2.45) is 5.92 Å². The Hall–Kier alpha value is -3.00. The Labute approximate surface area is 162 Å². The predicted octanol–water partition coefficient (Wildman–Crippen LogP) is 2.01. The number of β-amino-alcohol motifs (C(OH)–C–C–N with tert-alkyl or cyclic N) is 1. The van der Waals surface area contributed by atoms with E-state index in [0.717, 1.165) is 29.5 Å². The number of rotatable bonds is 5. The Morgan fingerprint density at radius 2 is 1.79 bits per heavy atom. The zero-order chi connectivity index (χ0) is 19.3. The van der Waals surface area contributed by atoms with Crippen molar-refractivity contribution in [3.05, 3.63) is 48.0 Å². The van der Waals surface area contributed by atoms with Gasteiger partial charge < -0.3 is 20.3 Å². The highest BCUT2D eigenvalue weighted by molar-refractivity contribution is 5.62. The summed E-state index contributed by atoms with van der Waals surface area (Å²) in [7, 11) is 0. The maximum atomic E-state index is 9.51. The van der Waals surface area contributed by atoms with Crippen LogP contribution >= 0.6 is 0 Å². The number of hydrogen-bond donors (Lipinski definition) is 2. The number of nitrogens with two attached hydrogens (primary N) is 1. The van der Waals surface area contributed by atoms with Gasteiger partial charge in [0.05, 0.1) is 24.6 Å². The van der Waals surface area contributed by atoms with Gasteiger partial charge in [-0.3, -0.25) is 0 Å². The van der Waals surface area contributed by atoms with Crippen LogP contribution in [0, 0.1) is 5.92 Å². The molecule has 28 heavy (non-hydrogen) atoms. The highest BCUT2D eigenvalue weighted by Gasteiger charge is 2.47. The van der Waals surface area contributed by atoms with Gasteiger partial charge in [-0.15, -0.1) is 0 Å². The molecule has 0 radical (unpaired) electrons. The molecule has 2 aliphatic rings. The molecule has 5 rings (SSSR count). The van der Waals surface area contributed by atoms with Crippen LogP contribution in [0.25, 0.3) is 11.1 Å². The maximum absolute atomic E-state index is 9.51. The van der Waals surface area contributed by atoms with Crippen LogP contribution in [0.15, 0.2) is 41.2 Å². The molecule has 3 heterocycles.